The van der Waals surface area contributed by atoms with Crippen molar-refractivity contribution in [3.05, 3.63) is 54.1 Å². The molecule has 1 aromatic rings. The van der Waals surface area contributed by atoms with Crippen LogP contribution < -0.4 is 0 Å². The van der Waals surface area contributed by atoms with E-state index in [9.17, 15) is 4.79 Å². The van der Waals surface area contributed by atoms with Gasteiger partial charge in [0.15, 0.2) is 5.78 Å². The largest absolute Gasteiger partial charge is 0.367 e. The number of ether oxygens (including phenoxy) is 1. The van der Waals surface area contributed by atoms with Crippen LogP contribution in [0.3, 0.4) is 0 Å². The Labute approximate surface area is 126 Å². The highest BCUT2D eigenvalue weighted by molar-refractivity contribution is 6.25. The first kappa shape index (κ1) is 14.3. The van der Waals surface area contributed by atoms with Crippen molar-refractivity contribution in [3.8, 4) is 0 Å². The number of benzene rings is 1. The highest BCUT2D eigenvalue weighted by atomic mass is 16.5. The standard InChI is InChI=1S/C19H22O2/c1-4-12-21-19(3)11-10-18(2)13-15(20)16(17(18)19)14-8-6-5-7-9-14/h4-9H,1,10-13H2,2-3H3/t18-,19?/m0/s1. The van der Waals surface area contributed by atoms with Crippen molar-refractivity contribution in [2.75, 3.05) is 6.61 Å². The van der Waals surface area contributed by atoms with Crippen molar-refractivity contribution in [3.63, 3.8) is 0 Å². The molecule has 2 heteroatoms. The third-order valence-electron chi connectivity index (χ3n) is 4.95. The highest BCUT2D eigenvalue weighted by Crippen LogP contribution is 2.59. The Morgan fingerprint density at radius 2 is 1.95 bits per heavy atom. The molecule has 0 radical (unpaired) electrons. The first-order valence-corrected chi connectivity index (χ1v) is 7.59. The number of hydrogen-bond acceptors (Lipinski definition) is 2. The van der Waals surface area contributed by atoms with Gasteiger partial charge in [-0.2, -0.15) is 0 Å². The summed E-state index contributed by atoms with van der Waals surface area (Å²) in [5, 5.41) is 0. The van der Waals surface area contributed by atoms with Crippen LogP contribution in [0.25, 0.3) is 5.57 Å². The Morgan fingerprint density at radius 1 is 1.24 bits per heavy atom. The second kappa shape index (κ2) is 4.96. The molecular formula is C19H22O2. The minimum Gasteiger partial charge on any atom is -0.367 e. The molecule has 0 bridgehead atoms. The van der Waals surface area contributed by atoms with Crippen LogP contribution in [-0.2, 0) is 9.53 Å². The summed E-state index contributed by atoms with van der Waals surface area (Å²) >= 11 is 0. The monoisotopic (exact) mass is 282 g/mol. The number of carbonyl (C=O) groups excluding carboxylic acids is 1. The molecule has 2 atom stereocenters. The van der Waals surface area contributed by atoms with E-state index in [1.54, 1.807) is 6.08 Å². The first-order chi connectivity index (χ1) is 10.0. The molecule has 0 spiro atoms. The molecule has 1 fully saturated rings. The van der Waals surface area contributed by atoms with Gasteiger partial charge in [-0.3, -0.25) is 4.79 Å². The van der Waals surface area contributed by atoms with Crippen LogP contribution in [-0.4, -0.2) is 18.0 Å². The van der Waals surface area contributed by atoms with E-state index >= 15 is 0 Å². The first-order valence-electron chi connectivity index (χ1n) is 7.59. The summed E-state index contributed by atoms with van der Waals surface area (Å²) in [7, 11) is 0. The van der Waals surface area contributed by atoms with Gasteiger partial charge in [-0.05, 0) is 36.3 Å². The van der Waals surface area contributed by atoms with E-state index in [1.807, 2.05) is 30.3 Å². The van der Waals surface area contributed by atoms with Crippen LogP contribution in [0.15, 0.2) is 48.6 Å². The van der Waals surface area contributed by atoms with Crippen molar-refractivity contribution in [1.82, 2.24) is 0 Å². The highest BCUT2D eigenvalue weighted by Gasteiger charge is 2.55. The lowest BCUT2D eigenvalue weighted by Gasteiger charge is -2.30. The molecule has 21 heavy (non-hydrogen) atoms. The zero-order chi connectivity index (χ0) is 15.1. The Morgan fingerprint density at radius 3 is 2.62 bits per heavy atom. The van der Waals surface area contributed by atoms with Gasteiger partial charge in [-0.1, -0.05) is 43.3 Å². The maximum Gasteiger partial charge on any atom is 0.164 e. The predicted molar refractivity (Wildman–Crippen MR) is 84.9 cm³/mol. The van der Waals surface area contributed by atoms with Crippen molar-refractivity contribution in [1.29, 1.82) is 0 Å². The number of rotatable bonds is 4. The fourth-order valence-corrected chi connectivity index (χ4v) is 4.03. The van der Waals surface area contributed by atoms with Gasteiger partial charge in [0.1, 0.15) is 0 Å². The minimum absolute atomic E-state index is 0.0435. The van der Waals surface area contributed by atoms with Crippen LogP contribution in [0.5, 0.6) is 0 Å². The molecule has 110 valence electrons. The van der Waals surface area contributed by atoms with E-state index in [0.29, 0.717) is 13.0 Å². The molecule has 0 aliphatic heterocycles. The molecule has 0 saturated heterocycles. The Bertz CT molecular complexity index is 614. The number of ketones is 1. The van der Waals surface area contributed by atoms with Gasteiger partial charge < -0.3 is 4.74 Å². The molecule has 3 rings (SSSR count). The Kier molecular flexibility index (Phi) is 3.37. The molecule has 2 nitrogen and oxygen atoms in total. The average molecular weight is 282 g/mol. The molecule has 0 N–H and O–H groups in total. The van der Waals surface area contributed by atoms with Gasteiger partial charge >= 0.3 is 0 Å². The number of allylic oxidation sites excluding steroid dienone is 1. The maximum atomic E-state index is 12.6. The second-order valence-corrected chi connectivity index (χ2v) is 6.61. The fraction of sp³-hybridized carbons (Fsp3) is 0.421. The molecule has 1 unspecified atom stereocenters. The van der Waals surface area contributed by atoms with Gasteiger partial charge in [0.2, 0.25) is 0 Å². The number of Topliss-reactive ketones (excluding diaryl/α,β-unsaturated/α-hetero) is 1. The van der Waals surface area contributed by atoms with Crippen LogP contribution >= 0.6 is 0 Å². The summed E-state index contributed by atoms with van der Waals surface area (Å²) in [6.45, 7) is 8.59. The number of fused-ring (bicyclic) bond motifs is 1. The molecule has 0 aromatic heterocycles. The Balaban J connectivity index is 2.15. The van der Waals surface area contributed by atoms with Crippen LogP contribution in [0.4, 0.5) is 0 Å². The smallest absolute Gasteiger partial charge is 0.164 e. The summed E-state index contributed by atoms with van der Waals surface area (Å²) in [5.41, 5.74) is 2.73. The van der Waals surface area contributed by atoms with Crippen molar-refractivity contribution >= 4 is 11.4 Å². The third-order valence-corrected chi connectivity index (χ3v) is 4.95. The zero-order valence-electron chi connectivity index (χ0n) is 12.8. The number of carbonyl (C=O) groups is 1. The summed E-state index contributed by atoms with van der Waals surface area (Å²) in [4.78, 5) is 12.6. The van der Waals surface area contributed by atoms with Crippen LogP contribution in [0.1, 0.15) is 38.7 Å². The minimum atomic E-state index is -0.347. The van der Waals surface area contributed by atoms with E-state index in [4.69, 9.17) is 4.74 Å². The fourth-order valence-electron chi connectivity index (χ4n) is 4.03. The van der Waals surface area contributed by atoms with Gasteiger partial charge in [0.25, 0.3) is 0 Å². The molecular weight excluding hydrogens is 260 g/mol. The molecule has 2 aliphatic rings. The lowest BCUT2D eigenvalue weighted by molar-refractivity contribution is -0.114. The second-order valence-electron chi connectivity index (χ2n) is 6.61. The summed E-state index contributed by atoms with van der Waals surface area (Å²) in [6, 6.07) is 10.0. The lowest BCUT2D eigenvalue weighted by Crippen LogP contribution is -2.30. The topological polar surface area (TPSA) is 26.3 Å². The zero-order valence-corrected chi connectivity index (χ0v) is 12.8. The van der Waals surface area contributed by atoms with Gasteiger partial charge in [-0.15, -0.1) is 6.58 Å². The van der Waals surface area contributed by atoms with Gasteiger partial charge in [0.05, 0.1) is 12.2 Å². The summed E-state index contributed by atoms with van der Waals surface area (Å²) in [5.74, 6) is 0.256. The SMILES string of the molecule is C=CCOC1(C)CC[C@@]2(C)CC(=O)C(c3ccccc3)=C12. The quantitative estimate of drug-likeness (QED) is 0.775. The third kappa shape index (κ3) is 2.18. The predicted octanol–water partition coefficient (Wildman–Crippen LogP) is 4.17. The molecule has 0 amide bonds. The van der Waals surface area contributed by atoms with Crippen LogP contribution in [0, 0.1) is 5.41 Å². The molecule has 0 heterocycles. The average Bonchev–Trinajstić information content (AvgIpc) is 2.89. The maximum absolute atomic E-state index is 12.6. The van der Waals surface area contributed by atoms with E-state index in [1.165, 1.54) is 5.57 Å². The van der Waals surface area contributed by atoms with Crippen LogP contribution in [0.2, 0.25) is 0 Å². The molecule has 2 aliphatic carbocycles. The van der Waals surface area contributed by atoms with E-state index in [-0.39, 0.29) is 16.8 Å². The van der Waals surface area contributed by atoms with Crippen molar-refractivity contribution < 1.29 is 9.53 Å². The van der Waals surface area contributed by atoms with Crippen molar-refractivity contribution in [2.45, 2.75) is 38.7 Å². The van der Waals surface area contributed by atoms with E-state index in [2.05, 4.69) is 20.4 Å². The molecule has 1 saturated carbocycles. The van der Waals surface area contributed by atoms with Crippen molar-refractivity contribution in [2.24, 2.45) is 5.41 Å². The van der Waals surface area contributed by atoms with Gasteiger partial charge in [0, 0.05) is 12.0 Å². The van der Waals surface area contributed by atoms with E-state index < -0.39 is 0 Å². The summed E-state index contributed by atoms with van der Waals surface area (Å²) < 4.78 is 6.09. The van der Waals surface area contributed by atoms with Gasteiger partial charge in [-0.25, -0.2) is 0 Å². The summed E-state index contributed by atoms with van der Waals surface area (Å²) in [6.07, 6.45) is 4.37. The normalized spacial score (nSPS) is 31.6. The lowest BCUT2D eigenvalue weighted by atomic mass is 9.82. The van der Waals surface area contributed by atoms with E-state index in [0.717, 1.165) is 24.0 Å². The Hall–Kier alpha value is -1.67. The number of hydrogen-bond donors (Lipinski definition) is 0. The molecule has 1 aromatic carbocycles.